The van der Waals surface area contributed by atoms with Gasteiger partial charge in [-0.1, -0.05) is 70.6 Å². The average Bonchev–Trinajstić information content (AvgIpc) is 2.66. The molecule has 0 aliphatic heterocycles. The van der Waals surface area contributed by atoms with Crippen LogP contribution >= 0.6 is 0 Å². The van der Waals surface area contributed by atoms with Crippen LogP contribution in [-0.4, -0.2) is 47.7 Å². The van der Waals surface area contributed by atoms with Crippen molar-refractivity contribution in [3.63, 3.8) is 0 Å². The zero-order valence-electron chi connectivity index (χ0n) is 18.5. The maximum absolute atomic E-state index is 11.8. The Morgan fingerprint density at radius 2 is 1.16 bits per heavy atom. The number of carbonyl (C=O) groups excluding carboxylic acids is 2. The first-order chi connectivity index (χ1) is 14.6. The molecule has 9 nitrogen and oxygen atoms in total. The van der Waals surface area contributed by atoms with Gasteiger partial charge in [0.1, 0.15) is 6.04 Å². The first-order valence-corrected chi connectivity index (χ1v) is 13.0. The molecule has 0 saturated carbocycles. The highest BCUT2D eigenvalue weighted by Gasteiger charge is 2.20. The molecule has 5 N–H and O–H groups in total. The summed E-state index contributed by atoms with van der Waals surface area (Å²) in [5.41, 5.74) is 5.01. The second-order valence-electron chi connectivity index (χ2n) is 8.10. The predicted molar refractivity (Wildman–Crippen MR) is 119 cm³/mol. The monoisotopic (exact) mass is 464 g/mol. The van der Waals surface area contributed by atoms with Gasteiger partial charge in [-0.3, -0.25) is 14.1 Å². The Bertz CT molecular complexity index is 623. The number of aliphatic carboxylic acids is 1. The summed E-state index contributed by atoms with van der Waals surface area (Å²) in [4.78, 5) is 33.7. The van der Waals surface area contributed by atoms with Gasteiger partial charge in [0.15, 0.2) is 0 Å². The summed E-state index contributed by atoms with van der Waals surface area (Å²) in [6.07, 6.45) is 13.3. The van der Waals surface area contributed by atoms with Gasteiger partial charge in [-0.05, 0) is 19.3 Å². The van der Waals surface area contributed by atoms with Crippen LogP contribution in [0, 0.1) is 0 Å². The molecule has 1 atom stereocenters. The van der Waals surface area contributed by atoms with Crippen LogP contribution in [0.5, 0.6) is 0 Å². The van der Waals surface area contributed by atoms with Crippen molar-refractivity contribution in [2.24, 2.45) is 5.73 Å². The molecule has 0 saturated heterocycles. The zero-order valence-corrected chi connectivity index (χ0v) is 19.3. The number of hydrogen-bond acceptors (Lipinski definition) is 5. The van der Waals surface area contributed by atoms with Crippen LogP contribution in [0.25, 0.3) is 0 Å². The van der Waals surface area contributed by atoms with Gasteiger partial charge in [-0.15, -0.1) is 0 Å². The highest BCUT2D eigenvalue weighted by Crippen LogP contribution is 2.13. The molecule has 31 heavy (non-hydrogen) atoms. The molecule has 0 aliphatic rings. The molecule has 0 rings (SSSR count). The SMILES string of the molecule is NC(=O)CCC(NC(=O)CCCCCCCCCCCCCCCS(=O)(=O)O)C(=O)O. The number of carboxylic acid groups (broad SMARTS) is 1. The molecule has 0 aromatic heterocycles. The summed E-state index contributed by atoms with van der Waals surface area (Å²) >= 11 is 0. The molecule has 2 amide bonds. The number of amides is 2. The lowest BCUT2D eigenvalue weighted by Gasteiger charge is -2.13. The third kappa shape index (κ3) is 21.3. The van der Waals surface area contributed by atoms with E-state index in [4.69, 9.17) is 15.4 Å². The van der Waals surface area contributed by atoms with Gasteiger partial charge in [0.25, 0.3) is 10.1 Å². The Morgan fingerprint density at radius 1 is 0.742 bits per heavy atom. The van der Waals surface area contributed by atoms with Crippen LogP contribution in [0.1, 0.15) is 103 Å². The molecule has 0 aromatic carbocycles. The average molecular weight is 465 g/mol. The van der Waals surface area contributed by atoms with E-state index >= 15 is 0 Å². The minimum atomic E-state index is -3.81. The van der Waals surface area contributed by atoms with E-state index < -0.39 is 28.0 Å². The van der Waals surface area contributed by atoms with E-state index in [2.05, 4.69) is 5.32 Å². The predicted octanol–water partition coefficient (Wildman–Crippen LogP) is 3.17. The Labute approximate surface area is 186 Å². The molecule has 0 heterocycles. The lowest BCUT2D eigenvalue weighted by atomic mass is 10.0. The molecule has 182 valence electrons. The summed E-state index contributed by atoms with van der Waals surface area (Å²) < 4.78 is 29.8. The second kappa shape index (κ2) is 17.9. The first kappa shape index (κ1) is 29.3. The van der Waals surface area contributed by atoms with Crippen molar-refractivity contribution in [3.8, 4) is 0 Å². The van der Waals surface area contributed by atoms with E-state index in [1.54, 1.807) is 0 Å². The van der Waals surface area contributed by atoms with Crippen LogP contribution in [0.15, 0.2) is 0 Å². The molecule has 0 bridgehead atoms. The summed E-state index contributed by atoms with van der Waals surface area (Å²) in [6, 6.07) is -1.07. The van der Waals surface area contributed by atoms with Crippen molar-refractivity contribution in [1.29, 1.82) is 0 Å². The lowest BCUT2D eigenvalue weighted by Crippen LogP contribution is -2.41. The van der Waals surface area contributed by atoms with Crippen molar-refractivity contribution in [3.05, 3.63) is 0 Å². The fraction of sp³-hybridized carbons (Fsp3) is 0.857. The standard InChI is InChI=1S/C21H40N2O7S/c22-19(24)16-15-18(21(26)27)23-20(25)14-12-10-8-6-4-2-1-3-5-7-9-11-13-17-31(28,29)30/h18H,1-17H2,(H2,22,24)(H,23,25)(H,26,27)(H,28,29,30). The number of primary amides is 1. The van der Waals surface area contributed by atoms with Crippen LogP contribution in [-0.2, 0) is 24.5 Å². The maximum atomic E-state index is 11.8. The molecule has 0 aromatic rings. The minimum absolute atomic E-state index is 0.00441. The molecule has 1 unspecified atom stereocenters. The lowest BCUT2D eigenvalue weighted by molar-refractivity contribution is -0.142. The van der Waals surface area contributed by atoms with Gasteiger partial charge >= 0.3 is 5.97 Å². The summed E-state index contributed by atoms with van der Waals surface area (Å²) in [6.45, 7) is 0. The molecule has 0 radical (unpaired) electrons. The minimum Gasteiger partial charge on any atom is -0.480 e. The third-order valence-corrected chi connectivity index (χ3v) is 5.92. The Hall–Kier alpha value is -1.68. The molecular formula is C21H40N2O7S. The van der Waals surface area contributed by atoms with Crippen LogP contribution in [0.3, 0.4) is 0 Å². The number of carbonyl (C=O) groups is 3. The molecule has 0 aliphatic carbocycles. The highest BCUT2D eigenvalue weighted by atomic mass is 32.2. The van der Waals surface area contributed by atoms with Crippen LogP contribution in [0.4, 0.5) is 0 Å². The van der Waals surface area contributed by atoms with Crippen molar-refractivity contribution < 1.29 is 32.5 Å². The molecule has 10 heteroatoms. The molecular weight excluding hydrogens is 424 g/mol. The van der Waals surface area contributed by atoms with Gasteiger partial charge in [-0.25, -0.2) is 4.79 Å². The number of nitrogens with two attached hydrogens (primary N) is 1. The Balaban J connectivity index is 3.48. The second-order valence-corrected chi connectivity index (χ2v) is 9.67. The van der Waals surface area contributed by atoms with Gasteiger partial charge in [0.2, 0.25) is 11.8 Å². The maximum Gasteiger partial charge on any atom is 0.326 e. The third-order valence-electron chi connectivity index (χ3n) is 5.12. The summed E-state index contributed by atoms with van der Waals surface area (Å²) in [5.74, 6) is -2.20. The van der Waals surface area contributed by atoms with Crippen LogP contribution in [0.2, 0.25) is 0 Å². The van der Waals surface area contributed by atoms with E-state index in [-0.39, 0.29) is 30.9 Å². The van der Waals surface area contributed by atoms with Crippen molar-refractivity contribution in [2.75, 3.05) is 5.75 Å². The number of nitrogens with one attached hydrogen (secondary N) is 1. The number of unbranched alkanes of at least 4 members (excludes halogenated alkanes) is 12. The topological polar surface area (TPSA) is 164 Å². The summed E-state index contributed by atoms with van der Waals surface area (Å²) in [7, 11) is -3.81. The Morgan fingerprint density at radius 3 is 1.55 bits per heavy atom. The summed E-state index contributed by atoms with van der Waals surface area (Å²) in [5, 5.41) is 11.5. The van der Waals surface area contributed by atoms with E-state index in [0.717, 1.165) is 51.4 Å². The fourth-order valence-corrected chi connectivity index (χ4v) is 3.89. The van der Waals surface area contributed by atoms with E-state index in [0.29, 0.717) is 12.8 Å². The Kier molecular flexibility index (Phi) is 17.0. The quantitative estimate of drug-likeness (QED) is 0.150. The van der Waals surface area contributed by atoms with Gasteiger partial charge in [-0.2, -0.15) is 8.42 Å². The van der Waals surface area contributed by atoms with Crippen molar-refractivity contribution in [1.82, 2.24) is 5.32 Å². The highest BCUT2D eigenvalue weighted by molar-refractivity contribution is 7.85. The first-order valence-electron chi connectivity index (χ1n) is 11.4. The van der Waals surface area contributed by atoms with Crippen LogP contribution < -0.4 is 11.1 Å². The van der Waals surface area contributed by atoms with Gasteiger partial charge in [0.05, 0.1) is 5.75 Å². The molecule has 0 spiro atoms. The fourth-order valence-electron chi connectivity index (χ4n) is 3.33. The van der Waals surface area contributed by atoms with Gasteiger partial charge < -0.3 is 16.2 Å². The van der Waals surface area contributed by atoms with E-state index in [1.165, 1.54) is 19.3 Å². The van der Waals surface area contributed by atoms with E-state index in [1.807, 2.05) is 0 Å². The zero-order chi connectivity index (χ0) is 23.5. The number of rotatable bonds is 21. The van der Waals surface area contributed by atoms with Crippen molar-refractivity contribution in [2.45, 2.75) is 109 Å². The largest absolute Gasteiger partial charge is 0.480 e. The van der Waals surface area contributed by atoms with Gasteiger partial charge in [0, 0.05) is 12.8 Å². The number of hydrogen-bond donors (Lipinski definition) is 4. The smallest absolute Gasteiger partial charge is 0.326 e. The van der Waals surface area contributed by atoms with E-state index in [9.17, 15) is 22.8 Å². The van der Waals surface area contributed by atoms with Crippen molar-refractivity contribution >= 4 is 27.9 Å². The number of carboxylic acids is 1. The molecule has 0 fully saturated rings. The normalized spacial score (nSPS) is 12.4.